The minimum absolute atomic E-state index is 0.304. The van der Waals surface area contributed by atoms with Crippen LogP contribution >= 0.6 is 0 Å². The Hall–Kier alpha value is -3.68. The van der Waals surface area contributed by atoms with E-state index >= 15 is 0 Å². The molecule has 0 amide bonds. The molecule has 0 spiro atoms. The van der Waals surface area contributed by atoms with E-state index in [0.29, 0.717) is 29.5 Å². The first-order valence-electron chi connectivity index (χ1n) is 11.7. The molecule has 1 fully saturated rings. The fraction of sp³-hybridized carbons (Fsp3) is 0.346. The maximum atomic E-state index is 14.3. The number of nitrogen functional groups attached to an aromatic ring is 1. The molecule has 2 N–H and O–H groups in total. The highest BCUT2D eigenvalue weighted by Gasteiger charge is 2.29. The number of aromatic nitrogens is 5. The quantitative estimate of drug-likeness (QED) is 0.475. The number of nitrogens with zero attached hydrogens (tertiary/aromatic N) is 5. The van der Waals surface area contributed by atoms with Crippen molar-refractivity contribution in [1.29, 1.82) is 0 Å². The highest BCUT2D eigenvalue weighted by Crippen LogP contribution is 2.41. The Labute approximate surface area is 197 Å². The Morgan fingerprint density at radius 1 is 1.18 bits per heavy atom. The number of hydrogen-bond donors (Lipinski definition) is 1. The van der Waals surface area contributed by atoms with Gasteiger partial charge in [-0.2, -0.15) is 10.2 Å². The fourth-order valence-corrected chi connectivity index (χ4v) is 5.01. The molecule has 1 atom stereocenters. The van der Waals surface area contributed by atoms with Crippen molar-refractivity contribution in [3.05, 3.63) is 65.0 Å². The van der Waals surface area contributed by atoms with Gasteiger partial charge in [0.25, 0.3) is 0 Å². The van der Waals surface area contributed by atoms with Crippen molar-refractivity contribution < 1.29 is 9.13 Å². The van der Waals surface area contributed by atoms with Gasteiger partial charge in [-0.15, -0.1) is 0 Å². The standard InChI is InChI=1S/C26H27FN6O/c1-14-20-11-18(27)6-7-19(20)25-17(13-32(2)31-25)9-21-24(16-10-23(34-14)26(28)29-12-16)22(33(3)30-21)8-15-4-5-15/h6-7,10-15H,4-5,8-9H2,1-3H3,(H2,28,29). The maximum absolute atomic E-state index is 14.3. The average Bonchev–Trinajstić information content (AvgIpc) is 3.47. The summed E-state index contributed by atoms with van der Waals surface area (Å²) in [6.07, 6.45) is 7.45. The van der Waals surface area contributed by atoms with Crippen molar-refractivity contribution in [2.75, 3.05) is 5.73 Å². The monoisotopic (exact) mass is 458 g/mol. The molecule has 8 heteroatoms. The number of fused-ring (bicyclic) bond motifs is 7. The van der Waals surface area contributed by atoms with Crippen molar-refractivity contribution >= 4 is 5.82 Å². The SMILES string of the molecule is CC1Oc2cc(cnc2N)-c2c(nn(C)c2CC2CC2)Cc2cn(C)nc2-c2ccc(F)cc21. The Morgan fingerprint density at radius 3 is 2.79 bits per heavy atom. The first-order chi connectivity index (χ1) is 16.4. The smallest absolute Gasteiger partial charge is 0.166 e. The highest BCUT2D eigenvalue weighted by atomic mass is 19.1. The van der Waals surface area contributed by atoms with Gasteiger partial charge in [0.2, 0.25) is 0 Å². The lowest BCUT2D eigenvalue weighted by molar-refractivity contribution is 0.227. The van der Waals surface area contributed by atoms with Crippen LogP contribution in [0.3, 0.4) is 0 Å². The second-order valence-electron chi connectivity index (χ2n) is 9.49. The zero-order chi connectivity index (χ0) is 23.6. The second kappa shape index (κ2) is 7.68. The van der Waals surface area contributed by atoms with Gasteiger partial charge in [-0.05, 0) is 56.4 Å². The first-order valence-corrected chi connectivity index (χ1v) is 11.7. The molecule has 1 aliphatic heterocycles. The van der Waals surface area contributed by atoms with E-state index < -0.39 is 6.10 Å². The fourth-order valence-electron chi connectivity index (χ4n) is 5.01. The minimum Gasteiger partial charge on any atom is -0.482 e. The summed E-state index contributed by atoms with van der Waals surface area (Å²) in [6.45, 7) is 1.90. The number of halogens is 1. The zero-order valence-electron chi connectivity index (χ0n) is 19.5. The molecule has 34 heavy (non-hydrogen) atoms. The van der Waals surface area contributed by atoms with Crippen LogP contribution < -0.4 is 10.5 Å². The molecule has 3 aromatic heterocycles. The Morgan fingerprint density at radius 2 is 2.00 bits per heavy atom. The van der Waals surface area contributed by atoms with E-state index in [1.807, 2.05) is 38.0 Å². The number of rotatable bonds is 2. The number of pyridine rings is 1. The van der Waals surface area contributed by atoms with Crippen LogP contribution in [0.15, 0.2) is 36.7 Å². The molecule has 2 aliphatic rings. The molecule has 4 aromatic rings. The van der Waals surface area contributed by atoms with E-state index in [1.54, 1.807) is 16.9 Å². The number of ether oxygens (including phenoxy) is 1. The maximum Gasteiger partial charge on any atom is 0.166 e. The Kier molecular flexibility index (Phi) is 4.72. The Balaban J connectivity index is 1.62. The van der Waals surface area contributed by atoms with Gasteiger partial charge in [0.15, 0.2) is 11.6 Å². The van der Waals surface area contributed by atoms with Gasteiger partial charge < -0.3 is 10.5 Å². The van der Waals surface area contributed by atoms with Gasteiger partial charge in [-0.1, -0.05) is 0 Å². The third-order valence-electron chi connectivity index (χ3n) is 6.86. The van der Waals surface area contributed by atoms with E-state index in [0.717, 1.165) is 40.1 Å². The van der Waals surface area contributed by atoms with Crippen LogP contribution in [0.1, 0.15) is 48.4 Å². The summed E-state index contributed by atoms with van der Waals surface area (Å²) >= 11 is 0. The van der Waals surface area contributed by atoms with Crippen molar-refractivity contribution in [3.8, 4) is 28.1 Å². The van der Waals surface area contributed by atoms with E-state index in [2.05, 4.69) is 4.98 Å². The van der Waals surface area contributed by atoms with Crippen molar-refractivity contribution in [2.45, 2.75) is 38.7 Å². The number of hydrogen-bond acceptors (Lipinski definition) is 5. The molecule has 4 heterocycles. The molecule has 0 saturated heterocycles. The summed E-state index contributed by atoms with van der Waals surface area (Å²) in [4.78, 5) is 4.45. The van der Waals surface area contributed by atoms with Crippen molar-refractivity contribution in [1.82, 2.24) is 24.5 Å². The lowest BCUT2D eigenvalue weighted by Gasteiger charge is -2.20. The lowest BCUT2D eigenvalue weighted by Crippen LogP contribution is -2.09. The first kappa shape index (κ1) is 20.9. The van der Waals surface area contributed by atoms with E-state index in [1.165, 1.54) is 30.7 Å². The van der Waals surface area contributed by atoms with Gasteiger partial charge in [0, 0.05) is 66.4 Å². The molecular formula is C26H27FN6O. The van der Waals surface area contributed by atoms with Gasteiger partial charge in [-0.25, -0.2) is 9.37 Å². The molecule has 1 aromatic carbocycles. The Bertz CT molecular complexity index is 1420. The largest absolute Gasteiger partial charge is 0.482 e. The van der Waals surface area contributed by atoms with Gasteiger partial charge >= 0.3 is 0 Å². The number of anilines is 1. The normalized spacial score (nSPS) is 17.1. The second-order valence-corrected chi connectivity index (χ2v) is 9.49. The average molecular weight is 459 g/mol. The topological polar surface area (TPSA) is 83.8 Å². The molecule has 2 bridgehead atoms. The van der Waals surface area contributed by atoms with Crippen LogP contribution in [0, 0.1) is 11.7 Å². The third-order valence-corrected chi connectivity index (χ3v) is 6.86. The number of nitrogens with two attached hydrogens (primary N) is 1. The van der Waals surface area contributed by atoms with E-state index in [4.69, 9.17) is 20.7 Å². The highest BCUT2D eigenvalue weighted by molar-refractivity contribution is 5.74. The van der Waals surface area contributed by atoms with Gasteiger partial charge in [0.1, 0.15) is 11.9 Å². The predicted octanol–water partition coefficient (Wildman–Crippen LogP) is 4.60. The molecule has 1 aliphatic carbocycles. The van der Waals surface area contributed by atoms with Crippen LogP contribution in [0.25, 0.3) is 22.4 Å². The summed E-state index contributed by atoms with van der Waals surface area (Å²) in [6, 6.07) is 6.70. The minimum atomic E-state index is -0.460. The van der Waals surface area contributed by atoms with Crippen LogP contribution in [-0.4, -0.2) is 24.5 Å². The van der Waals surface area contributed by atoms with E-state index in [9.17, 15) is 4.39 Å². The van der Waals surface area contributed by atoms with E-state index in [-0.39, 0.29) is 5.82 Å². The van der Waals surface area contributed by atoms with Crippen molar-refractivity contribution in [3.63, 3.8) is 0 Å². The molecule has 7 nitrogen and oxygen atoms in total. The molecule has 1 unspecified atom stereocenters. The summed E-state index contributed by atoms with van der Waals surface area (Å²) < 4.78 is 24.4. The third kappa shape index (κ3) is 3.54. The summed E-state index contributed by atoms with van der Waals surface area (Å²) in [5, 5.41) is 9.71. The lowest BCUT2D eigenvalue weighted by atomic mass is 9.94. The molecule has 6 rings (SSSR count). The van der Waals surface area contributed by atoms with Crippen LogP contribution in [0.2, 0.25) is 0 Å². The summed E-state index contributed by atoms with van der Waals surface area (Å²) in [7, 11) is 3.91. The molecule has 174 valence electrons. The van der Waals surface area contributed by atoms with Gasteiger partial charge in [-0.3, -0.25) is 9.36 Å². The summed E-state index contributed by atoms with van der Waals surface area (Å²) in [5.74, 6) is 1.16. The summed E-state index contributed by atoms with van der Waals surface area (Å²) in [5.41, 5.74) is 13.8. The van der Waals surface area contributed by atoms with Crippen LogP contribution in [0.4, 0.5) is 10.2 Å². The van der Waals surface area contributed by atoms with Crippen molar-refractivity contribution in [2.24, 2.45) is 20.0 Å². The number of aryl methyl sites for hydroxylation is 2. The zero-order valence-corrected chi connectivity index (χ0v) is 19.5. The van der Waals surface area contributed by atoms with Gasteiger partial charge in [0.05, 0.1) is 11.4 Å². The van der Waals surface area contributed by atoms with Crippen LogP contribution in [0.5, 0.6) is 5.75 Å². The van der Waals surface area contributed by atoms with Crippen LogP contribution in [-0.2, 0) is 26.9 Å². The number of benzene rings is 1. The molecular weight excluding hydrogens is 431 g/mol. The molecule has 1 saturated carbocycles. The predicted molar refractivity (Wildman–Crippen MR) is 128 cm³/mol. The molecule has 0 radical (unpaired) electrons.